The molecule has 0 spiro atoms. The largest absolute Gasteiger partial charge is 0.465 e. The number of esters is 1. The molecular weight excluding hydrogens is 292 g/mol. The molecule has 1 heterocycles. The molecule has 1 aromatic rings. The van der Waals surface area contributed by atoms with Gasteiger partial charge in [0, 0.05) is 12.3 Å². The quantitative estimate of drug-likeness (QED) is 0.634. The van der Waals surface area contributed by atoms with Crippen molar-refractivity contribution >= 4 is 5.97 Å². The summed E-state index contributed by atoms with van der Waals surface area (Å²) < 4.78 is 59.9. The second-order valence-corrected chi connectivity index (χ2v) is 5.42. The van der Waals surface area contributed by atoms with Crippen molar-refractivity contribution in [2.45, 2.75) is 44.6 Å². The molecule has 4 nitrogen and oxygen atoms in total. The average molecular weight is 306 g/mol. The number of nitrogens with zero attached hydrogens (tertiary/aromatic N) is 2. The third kappa shape index (κ3) is 2.30. The van der Waals surface area contributed by atoms with E-state index in [-0.39, 0.29) is 24.1 Å². The molecule has 2 aliphatic rings. The summed E-state index contributed by atoms with van der Waals surface area (Å²) in [5.74, 6) is -4.40. The van der Waals surface area contributed by atoms with Crippen LogP contribution >= 0.6 is 0 Å². The Labute approximate surface area is 118 Å². The molecule has 1 saturated carbocycles. The van der Waals surface area contributed by atoms with Gasteiger partial charge in [-0.25, -0.2) is 17.6 Å². The highest BCUT2D eigenvalue weighted by Crippen LogP contribution is 2.62. The molecule has 0 radical (unpaired) electrons. The predicted octanol–water partition coefficient (Wildman–Crippen LogP) is 2.98. The van der Waals surface area contributed by atoms with Crippen LogP contribution in [0.25, 0.3) is 0 Å². The lowest BCUT2D eigenvalue weighted by molar-refractivity contribution is -0.144. The zero-order valence-electron chi connectivity index (χ0n) is 11.3. The van der Waals surface area contributed by atoms with Crippen LogP contribution in [0.3, 0.4) is 0 Å². The molecule has 0 saturated heterocycles. The smallest absolute Gasteiger partial charge is 0.327 e. The third-order valence-corrected chi connectivity index (χ3v) is 3.97. The monoisotopic (exact) mass is 306 g/mol. The number of rotatable bonds is 4. The van der Waals surface area contributed by atoms with E-state index < -0.39 is 42.5 Å². The summed E-state index contributed by atoms with van der Waals surface area (Å²) in [5, 5.41) is 3.57. The van der Waals surface area contributed by atoms with Crippen molar-refractivity contribution < 1.29 is 27.1 Å². The second kappa shape index (κ2) is 4.71. The second-order valence-electron chi connectivity index (χ2n) is 5.42. The molecule has 0 aromatic carbocycles. The Kier molecular flexibility index (Phi) is 3.22. The standard InChI is InChI=1S/C13H14F4N2O2/c1-2-21-8(20)5-19-11-7-3-6(7)4-13(16,17)9(11)10(18-19)12(14)15/h6-7,12H,2-5H2,1H3. The lowest BCUT2D eigenvalue weighted by Gasteiger charge is -2.23. The number of carbonyl (C=O) groups is 1. The van der Waals surface area contributed by atoms with E-state index in [1.165, 1.54) is 0 Å². The van der Waals surface area contributed by atoms with E-state index >= 15 is 0 Å². The van der Waals surface area contributed by atoms with Crippen LogP contribution < -0.4 is 0 Å². The summed E-state index contributed by atoms with van der Waals surface area (Å²) in [6.45, 7) is 1.32. The Morgan fingerprint density at radius 1 is 1.52 bits per heavy atom. The van der Waals surface area contributed by atoms with Gasteiger partial charge in [-0.1, -0.05) is 0 Å². The highest BCUT2D eigenvalue weighted by molar-refractivity contribution is 5.69. The van der Waals surface area contributed by atoms with Crippen LogP contribution in [0.15, 0.2) is 0 Å². The average Bonchev–Trinajstić information content (AvgIpc) is 2.99. The molecule has 0 bridgehead atoms. The van der Waals surface area contributed by atoms with E-state index in [2.05, 4.69) is 5.10 Å². The maximum atomic E-state index is 14.1. The normalized spacial score (nSPS) is 25.4. The van der Waals surface area contributed by atoms with Gasteiger partial charge in [0.2, 0.25) is 0 Å². The SMILES string of the molecule is CCOC(=O)Cn1nc(C(F)F)c2c1C1CC1CC2(F)F. The summed E-state index contributed by atoms with van der Waals surface area (Å²) in [4.78, 5) is 11.5. The van der Waals surface area contributed by atoms with Gasteiger partial charge in [-0.15, -0.1) is 0 Å². The van der Waals surface area contributed by atoms with E-state index in [1.807, 2.05) is 0 Å². The van der Waals surface area contributed by atoms with Gasteiger partial charge in [-0.2, -0.15) is 5.10 Å². The van der Waals surface area contributed by atoms with Crippen molar-refractivity contribution in [1.82, 2.24) is 9.78 Å². The minimum absolute atomic E-state index is 0.0830. The molecule has 116 valence electrons. The maximum absolute atomic E-state index is 14.1. The maximum Gasteiger partial charge on any atom is 0.327 e. The zero-order valence-corrected chi connectivity index (χ0v) is 11.3. The van der Waals surface area contributed by atoms with E-state index in [1.54, 1.807) is 6.92 Å². The molecule has 0 amide bonds. The summed E-state index contributed by atoms with van der Waals surface area (Å²) >= 11 is 0. The Hall–Kier alpha value is -1.60. The number of aromatic nitrogens is 2. The molecule has 2 atom stereocenters. The van der Waals surface area contributed by atoms with Crippen LogP contribution in [0.1, 0.15) is 49.1 Å². The first kappa shape index (κ1) is 14.3. The van der Waals surface area contributed by atoms with Gasteiger partial charge in [-0.05, 0) is 19.3 Å². The van der Waals surface area contributed by atoms with Crippen LogP contribution in [-0.2, 0) is 22.0 Å². The number of alkyl halides is 4. The molecule has 2 unspecified atom stereocenters. The molecule has 0 aliphatic heterocycles. The molecule has 0 N–H and O–H groups in total. The lowest BCUT2D eigenvalue weighted by Crippen LogP contribution is -2.23. The molecule has 2 aliphatic carbocycles. The number of fused-ring (bicyclic) bond motifs is 3. The lowest BCUT2D eigenvalue weighted by atomic mass is 9.92. The Balaban J connectivity index is 2.05. The molecule has 21 heavy (non-hydrogen) atoms. The van der Waals surface area contributed by atoms with E-state index in [9.17, 15) is 22.4 Å². The highest BCUT2D eigenvalue weighted by atomic mass is 19.3. The van der Waals surface area contributed by atoms with Gasteiger partial charge in [0.15, 0.2) is 0 Å². The third-order valence-electron chi connectivity index (χ3n) is 3.97. The van der Waals surface area contributed by atoms with E-state index in [4.69, 9.17) is 4.74 Å². The van der Waals surface area contributed by atoms with Crippen molar-refractivity contribution in [2.75, 3.05) is 6.61 Å². The summed E-state index contributed by atoms with van der Waals surface area (Å²) in [5.41, 5.74) is -1.51. The molecule has 3 rings (SSSR count). The minimum atomic E-state index is -3.31. The van der Waals surface area contributed by atoms with Crippen LogP contribution in [0.2, 0.25) is 0 Å². The highest BCUT2D eigenvalue weighted by Gasteiger charge is 2.57. The molecule has 1 aromatic heterocycles. The molecular formula is C13H14F4N2O2. The van der Waals surface area contributed by atoms with Crippen molar-refractivity contribution in [3.63, 3.8) is 0 Å². The Morgan fingerprint density at radius 3 is 2.86 bits per heavy atom. The fourth-order valence-corrected chi connectivity index (χ4v) is 3.09. The van der Waals surface area contributed by atoms with Crippen LogP contribution in [0.4, 0.5) is 17.6 Å². The van der Waals surface area contributed by atoms with Crippen LogP contribution in [-0.4, -0.2) is 22.4 Å². The minimum Gasteiger partial charge on any atom is -0.465 e. The van der Waals surface area contributed by atoms with Gasteiger partial charge in [0.25, 0.3) is 12.3 Å². The van der Waals surface area contributed by atoms with Crippen LogP contribution in [0, 0.1) is 5.92 Å². The Bertz CT molecular complexity index is 585. The first-order valence-electron chi connectivity index (χ1n) is 6.77. The molecule has 1 fully saturated rings. The van der Waals surface area contributed by atoms with Crippen molar-refractivity contribution in [3.05, 3.63) is 17.0 Å². The van der Waals surface area contributed by atoms with Gasteiger partial charge >= 0.3 is 5.97 Å². The van der Waals surface area contributed by atoms with Crippen LogP contribution in [0.5, 0.6) is 0 Å². The van der Waals surface area contributed by atoms with Crippen molar-refractivity contribution in [1.29, 1.82) is 0 Å². The number of halogens is 4. The summed E-state index contributed by atoms with van der Waals surface area (Å²) in [6.07, 6.45) is -2.99. The fourth-order valence-electron chi connectivity index (χ4n) is 3.09. The first-order chi connectivity index (χ1) is 9.85. The van der Waals surface area contributed by atoms with E-state index in [0.717, 1.165) is 4.68 Å². The zero-order chi connectivity index (χ0) is 15.4. The fraction of sp³-hybridized carbons (Fsp3) is 0.692. The molecule has 8 heteroatoms. The summed E-state index contributed by atoms with van der Waals surface area (Å²) in [6, 6.07) is 0. The van der Waals surface area contributed by atoms with E-state index in [0.29, 0.717) is 6.42 Å². The Morgan fingerprint density at radius 2 is 2.24 bits per heavy atom. The number of hydrogen-bond acceptors (Lipinski definition) is 3. The van der Waals surface area contributed by atoms with Gasteiger partial charge in [0.05, 0.1) is 17.9 Å². The predicted molar refractivity (Wildman–Crippen MR) is 63.2 cm³/mol. The van der Waals surface area contributed by atoms with Crippen molar-refractivity contribution in [3.8, 4) is 0 Å². The van der Waals surface area contributed by atoms with Gasteiger partial charge < -0.3 is 4.74 Å². The topological polar surface area (TPSA) is 44.1 Å². The van der Waals surface area contributed by atoms with Gasteiger partial charge in [-0.3, -0.25) is 9.48 Å². The number of ether oxygens (including phenoxy) is 1. The summed E-state index contributed by atoms with van der Waals surface area (Å²) in [7, 11) is 0. The number of carbonyl (C=O) groups excluding carboxylic acids is 1. The first-order valence-corrected chi connectivity index (χ1v) is 6.77. The van der Waals surface area contributed by atoms with Gasteiger partial charge in [0.1, 0.15) is 12.2 Å². The number of hydrogen-bond donors (Lipinski definition) is 0. The van der Waals surface area contributed by atoms with Crippen molar-refractivity contribution in [2.24, 2.45) is 5.92 Å².